The van der Waals surface area contributed by atoms with E-state index in [2.05, 4.69) is 42.4 Å². The zero-order chi connectivity index (χ0) is 23.4. The highest BCUT2D eigenvalue weighted by Gasteiger charge is 2.14. The lowest BCUT2D eigenvalue weighted by Gasteiger charge is -2.11. The SMILES string of the molecule is COc1cc(/C=N\NC(=O)c2cc3cc(Br)cc(Br)c3o2)ccc1OCc1ccc(Cl)cc1. The van der Waals surface area contributed by atoms with Gasteiger partial charge >= 0.3 is 5.91 Å². The molecule has 0 fully saturated rings. The standard InChI is InChI=1S/C24H17Br2ClN2O4/c1-31-21-8-15(4-7-20(21)32-13-14-2-5-18(27)6-3-14)12-28-29-24(30)22-10-16-9-17(25)11-19(26)23(16)33-22/h2-12H,13H2,1H3,(H,29,30)/b28-12-. The number of ether oxygens (including phenoxy) is 2. The molecule has 0 bridgehead atoms. The number of hydrogen-bond donors (Lipinski definition) is 1. The fourth-order valence-electron chi connectivity index (χ4n) is 3.03. The summed E-state index contributed by atoms with van der Waals surface area (Å²) in [4.78, 5) is 12.4. The smallest absolute Gasteiger partial charge is 0.307 e. The Hall–Kier alpha value is -2.81. The van der Waals surface area contributed by atoms with Gasteiger partial charge in [-0.05, 0) is 75.6 Å². The molecule has 0 saturated heterocycles. The van der Waals surface area contributed by atoms with E-state index in [1.54, 1.807) is 25.3 Å². The number of rotatable bonds is 7. The number of methoxy groups -OCH3 is 1. The molecule has 0 atom stereocenters. The first kappa shape index (κ1) is 23.4. The van der Waals surface area contributed by atoms with Crippen molar-refractivity contribution in [2.45, 2.75) is 6.61 Å². The minimum atomic E-state index is -0.458. The number of benzene rings is 3. The van der Waals surface area contributed by atoms with Gasteiger partial charge in [0, 0.05) is 14.9 Å². The number of nitrogens with one attached hydrogen (secondary N) is 1. The highest BCUT2D eigenvalue weighted by atomic mass is 79.9. The predicted octanol–water partition coefficient (Wildman–Crippen LogP) is 6.96. The number of carbonyl (C=O) groups excluding carboxylic acids is 1. The molecule has 0 aliphatic rings. The maximum atomic E-state index is 12.4. The number of carbonyl (C=O) groups is 1. The zero-order valence-electron chi connectivity index (χ0n) is 17.3. The minimum Gasteiger partial charge on any atom is -0.493 e. The average molecular weight is 593 g/mol. The van der Waals surface area contributed by atoms with Crippen LogP contribution in [0.25, 0.3) is 11.0 Å². The van der Waals surface area contributed by atoms with Crippen molar-refractivity contribution in [1.82, 2.24) is 5.43 Å². The number of hydrogen-bond acceptors (Lipinski definition) is 5. The lowest BCUT2D eigenvalue weighted by molar-refractivity contribution is 0.0929. The number of hydrazone groups is 1. The molecule has 0 saturated carbocycles. The molecule has 0 spiro atoms. The second kappa shape index (κ2) is 10.4. The van der Waals surface area contributed by atoms with Gasteiger partial charge in [-0.25, -0.2) is 5.43 Å². The summed E-state index contributed by atoms with van der Waals surface area (Å²) < 4.78 is 18.6. The Labute approximate surface area is 211 Å². The number of furan rings is 1. The summed E-state index contributed by atoms with van der Waals surface area (Å²) in [7, 11) is 1.56. The summed E-state index contributed by atoms with van der Waals surface area (Å²) in [5.41, 5.74) is 4.77. The fraction of sp³-hybridized carbons (Fsp3) is 0.0833. The van der Waals surface area contributed by atoms with E-state index in [0.29, 0.717) is 28.7 Å². The maximum Gasteiger partial charge on any atom is 0.307 e. The van der Waals surface area contributed by atoms with Crippen LogP contribution in [0.3, 0.4) is 0 Å². The summed E-state index contributed by atoms with van der Waals surface area (Å²) in [6.07, 6.45) is 1.51. The first-order chi connectivity index (χ1) is 15.9. The summed E-state index contributed by atoms with van der Waals surface area (Å²) in [6.45, 7) is 0.376. The van der Waals surface area contributed by atoms with Crippen LogP contribution in [0.2, 0.25) is 5.02 Å². The van der Waals surface area contributed by atoms with Gasteiger partial charge in [0.25, 0.3) is 0 Å². The Balaban J connectivity index is 1.41. The van der Waals surface area contributed by atoms with E-state index in [4.69, 9.17) is 25.5 Å². The summed E-state index contributed by atoms with van der Waals surface area (Å²) in [5, 5.41) is 5.49. The van der Waals surface area contributed by atoms with Crippen LogP contribution in [0.15, 0.2) is 79.1 Å². The minimum absolute atomic E-state index is 0.157. The third-order valence-corrected chi connectivity index (χ3v) is 5.93. The summed E-state index contributed by atoms with van der Waals surface area (Å²) in [5.74, 6) is 0.837. The van der Waals surface area contributed by atoms with Crippen molar-refractivity contribution in [3.05, 3.63) is 91.5 Å². The van der Waals surface area contributed by atoms with Crippen molar-refractivity contribution in [2.75, 3.05) is 7.11 Å². The molecule has 1 amide bonds. The molecule has 0 radical (unpaired) electrons. The van der Waals surface area contributed by atoms with Crippen molar-refractivity contribution in [3.63, 3.8) is 0 Å². The highest BCUT2D eigenvalue weighted by molar-refractivity contribution is 9.11. The van der Waals surface area contributed by atoms with Gasteiger partial charge in [-0.15, -0.1) is 0 Å². The third kappa shape index (κ3) is 5.76. The van der Waals surface area contributed by atoms with E-state index >= 15 is 0 Å². The molecule has 9 heteroatoms. The van der Waals surface area contributed by atoms with Crippen molar-refractivity contribution < 1.29 is 18.7 Å². The van der Waals surface area contributed by atoms with E-state index in [0.717, 1.165) is 25.5 Å². The molecule has 3 aromatic carbocycles. The number of amides is 1. The second-order valence-corrected chi connectivity index (χ2v) is 9.15. The van der Waals surface area contributed by atoms with Gasteiger partial charge in [0.05, 0.1) is 17.8 Å². The Morgan fingerprint density at radius 1 is 1.09 bits per heavy atom. The molecule has 1 N–H and O–H groups in total. The van der Waals surface area contributed by atoms with Crippen LogP contribution in [0, 0.1) is 0 Å². The molecule has 0 unspecified atom stereocenters. The van der Waals surface area contributed by atoms with E-state index in [9.17, 15) is 4.79 Å². The first-order valence-electron chi connectivity index (χ1n) is 9.70. The average Bonchev–Trinajstić information content (AvgIpc) is 3.23. The summed E-state index contributed by atoms with van der Waals surface area (Å²) in [6, 6.07) is 18.2. The summed E-state index contributed by atoms with van der Waals surface area (Å²) >= 11 is 12.8. The van der Waals surface area contributed by atoms with Gasteiger partial charge in [-0.1, -0.05) is 39.7 Å². The van der Waals surface area contributed by atoms with Crippen LogP contribution < -0.4 is 14.9 Å². The topological polar surface area (TPSA) is 73.1 Å². The zero-order valence-corrected chi connectivity index (χ0v) is 21.2. The quantitative estimate of drug-likeness (QED) is 0.186. The Morgan fingerprint density at radius 3 is 2.64 bits per heavy atom. The lowest BCUT2D eigenvalue weighted by Crippen LogP contribution is -2.16. The Bertz CT molecular complexity index is 1340. The van der Waals surface area contributed by atoms with Gasteiger partial charge in [-0.2, -0.15) is 5.10 Å². The molecular formula is C24H17Br2ClN2O4. The molecule has 1 aromatic heterocycles. The van der Waals surface area contributed by atoms with Gasteiger partial charge in [0.1, 0.15) is 12.2 Å². The Morgan fingerprint density at radius 2 is 1.88 bits per heavy atom. The van der Waals surface area contributed by atoms with E-state index in [1.807, 2.05) is 42.5 Å². The number of fused-ring (bicyclic) bond motifs is 1. The first-order valence-corrected chi connectivity index (χ1v) is 11.7. The molecular weight excluding hydrogens is 576 g/mol. The van der Waals surface area contributed by atoms with Crippen LogP contribution in [0.1, 0.15) is 21.7 Å². The van der Waals surface area contributed by atoms with Gasteiger partial charge in [0.15, 0.2) is 17.3 Å². The molecule has 168 valence electrons. The number of halogens is 3. The molecule has 4 aromatic rings. The third-order valence-electron chi connectivity index (χ3n) is 4.63. The van der Waals surface area contributed by atoms with E-state index < -0.39 is 5.91 Å². The van der Waals surface area contributed by atoms with Crippen molar-refractivity contribution in [1.29, 1.82) is 0 Å². The monoisotopic (exact) mass is 590 g/mol. The van der Waals surface area contributed by atoms with Crippen molar-refractivity contribution in [3.8, 4) is 11.5 Å². The molecule has 0 aliphatic heterocycles. The highest BCUT2D eigenvalue weighted by Crippen LogP contribution is 2.31. The van der Waals surface area contributed by atoms with E-state index in [1.165, 1.54) is 6.21 Å². The van der Waals surface area contributed by atoms with Crippen LogP contribution in [0.4, 0.5) is 0 Å². The normalized spacial score (nSPS) is 11.2. The molecule has 1 heterocycles. The van der Waals surface area contributed by atoms with Crippen LogP contribution >= 0.6 is 43.5 Å². The van der Waals surface area contributed by atoms with Gasteiger partial charge < -0.3 is 13.9 Å². The fourth-order valence-corrected chi connectivity index (χ4v) is 4.50. The van der Waals surface area contributed by atoms with Crippen LogP contribution in [0.5, 0.6) is 11.5 Å². The molecule has 6 nitrogen and oxygen atoms in total. The molecule has 33 heavy (non-hydrogen) atoms. The van der Waals surface area contributed by atoms with Crippen LogP contribution in [-0.2, 0) is 6.61 Å². The van der Waals surface area contributed by atoms with Crippen molar-refractivity contribution >= 4 is 66.6 Å². The molecule has 0 aliphatic carbocycles. The Kier molecular flexibility index (Phi) is 7.37. The van der Waals surface area contributed by atoms with Crippen LogP contribution in [-0.4, -0.2) is 19.2 Å². The largest absolute Gasteiger partial charge is 0.493 e. The molecule has 4 rings (SSSR count). The second-order valence-electron chi connectivity index (χ2n) is 6.94. The lowest BCUT2D eigenvalue weighted by atomic mass is 10.2. The number of nitrogens with zero attached hydrogens (tertiary/aromatic N) is 1. The predicted molar refractivity (Wildman–Crippen MR) is 135 cm³/mol. The van der Waals surface area contributed by atoms with Crippen molar-refractivity contribution in [2.24, 2.45) is 5.10 Å². The maximum absolute atomic E-state index is 12.4. The van der Waals surface area contributed by atoms with Gasteiger partial charge in [-0.3, -0.25) is 4.79 Å². The van der Waals surface area contributed by atoms with E-state index in [-0.39, 0.29) is 5.76 Å². The van der Waals surface area contributed by atoms with Gasteiger partial charge in [0.2, 0.25) is 0 Å².